The lowest BCUT2D eigenvalue weighted by atomic mass is 10.1. The van der Waals surface area contributed by atoms with Gasteiger partial charge in [-0.25, -0.2) is 0 Å². The van der Waals surface area contributed by atoms with Crippen LogP contribution in [0.3, 0.4) is 0 Å². The standard InChI is InChI=1S/C10H11N7O/c1-5(14-12)8(11)10-9(15-17-16-10)6-2-3-7(18)13-4-6/h2-4,11H,12H2,1H3,(H,13,18)(H,15,16,17)/b11-8?,14-5-. The first-order valence-electron chi connectivity index (χ1n) is 5.07. The van der Waals surface area contributed by atoms with E-state index < -0.39 is 0 Å². The monoisotopic (exact) mass is 245 g/mol. The van der Waals surface area contributed by atoms with Crippen molar-refractivity contribution in [1.29, 1.82) is 5.41 Å². The van der Waals surface area contributed by atoms with E-state index >= 15 is 0 Å². The summed E-state index contributed by atoms with van der Waals surface area (Å²) in [4.78, 5) is 13.5. The minimum Gasteiger partial charge on any atom is -0.328 e. The van der Waals surface area contributed by atoms with E-state index in [1.165, 1.54) is 12.3 Å². The van der Waals surface area contributed by atoms with Crippen molar-refractivity contribution >= 4 is 11.4 Å². The summed E-state index contributed by atoms with van der Waals surface area (Å²) in [5.41, 5.74) is 1.64. The van der Waals surface area contributed by atoms with Crippen molar-refractivity contribution in [2.75, 3.05) is 0 Å². The van der Waals surface area contributed by atoms with Gasteiger partial charge < -0.3 is 10.8 Å². The van der Waals surface area contributed by atoms with Crippen molar-refractivity contribution in [2.45, 2.75) is 6.92 Å². The van der Waals surface area contributed by atoms with Gasteiger partial charge in [0.25, 0.3) is 0 Å². The van der Waals surface area contributed by atoms with Crippen molar-refractivity contribution < 1.29 is 0 Å². The fourth-order valence-corrected chi connectivity index (χ4v) is 1.40. The summed E-state index contributed by atoms with van der Waals surface area (Å²) in [6, 6.07) is 2.98. The number of nitrogens with two attached hydrogens (primary N) is 1. The fraction of sp³-hybridized carbons (Fsp3) is 0.100. The zero-order chi connectivity index (χ0) is 13.1. The predicted molar refractivity (Wildman–Crippen MR) is 66.6 cm³/mol. The second-order valence-corrected chi connectivity index (χ2v) is 3.55. The molecule has 0 amide bonds. The molecule has 0 spiro atoms. The highest BCUT2D eigenvalue weighted by Gasteiger charge is 2.16. The third kappa shape index (κ3) is 2.03. The lowest BCUT2D eigenvalue weighted by Gasteiger charge is -2.01. The Balaban J connectivity index is 2.48. The predicted octanol–water partition coefficient (Wildman–Crippen LogP) is -0.138. The van der Waals surface area contributed by atoms with Crippen LogP contribution in [0.25, 0.3) is 11.3 Å². The lowest BCUT2D eigenvalue weighted by Crippen LogP contribution is -2.14. The van der Waals surface area contributed by atoms with Crippen molar-refractivity contribution in [3.8, 4) is 11.3 Å². The van der Waals surface area contributed by atoms with Gasteiger partial charge in [-0.15, -0.1) is 0 Å². The molecule has 18 heavy (non-hydrogen) atoms. The highest BCUT2D eigenvalue weighted by molar-refractivity contribution is 6.46. The van der Waals surface area contributed by atoms with Crippen LogP contribution >= 0.6 is 0 Å². The van der Waals surface area contributed by atoms with E-state index in [1.807, 2.05) is 0 Å². The van der Waals surface area contributed by atoms with Crippen LogP contribution in [0, 0.1) is 5.41 Å². The van der Waals surface area contributed by atoms with E-state index in [0.717, 1.165) is 0 Å². The third-order valence-corrected chi connectivity index (χ3v) is 2.40. The fourth-order valence-electron chi connectivity index (χ4n) is 1.40. The second kappa shape index (κ2) is 4.62. The molecule has 0 saturated heterocycles. The number of rotatable bonds is 3. The van der Waals surface area contributed by atoms with Gasteiger partial charge in [0.05, 0.1) is 5.71 Å². The first-order valence-corrected chi connectivity index (χ1v) is 5.07. The van der Waals surface area contributed by atoms with Crippen molar-refractivity contribution in [3.63, 3.8) is 0 Å². The first kappa shape index (κ1) is 11.7. The van der Waals surface area contributed by atoms with E-state index in [4.69, 9.17) is 11.3 Å². The van der Waals surface area contributed by atoms with Gasteiger partial charge >= 0.3 is 0 Å². The number of pyridine rings is 1. The molecule has 2 aromatic rings. The van der Waals surface area contributed by atoms with Gasteiger partial charge in [0.1, 0.15) is 17.1 Å². The maximum atomic E-state index is 11.0. The molecule has 0 fully saturated rings. The summed E-state index contributed by atoms with van der Waals surface area (Å²) < 4.78 is 0. The van der Waals surface area contributed by atoms with Crippen LogP contribution in [-0.2, 0) is 0 Å². The van der Waals surface area contributed by atoms with E-state index in [2.05, 4.69) is 25.5 Å². The van der Waals surface area contributed by atoms with Gasteiger partial charge in [0, 0.05) is 17.8 Å². The van der Waals surface area contributed by atoms with Crippen LogP contribution in [0.15, 0.2) is 28.2 Å². The van der Waals surface area contributed by atoms with Gasteiger partial charge in [0.15, 0.2) is 0 Å². The van der Waals surface area contributed by atoms with E-state index in [9.17, 15) is 4.79 Å². The molecule has 0 saturated carbocycles. The van der Waals surface area contributed by atoms with Crippen LogP contribution in [-0.4, -0.2) is 31.8 Å². The summed E-state index contributed by atoms with van der Waals surface area (Å²) in [5, 5.41) is 21.6. The maximum absolute atomic E-state index is 11.0. The van der Waals surface area contributed by atoms with Crippen LogP contribution in [0.4, 0.5) is 0 Å². The van der Waals surface area contributed by atoms with Crippen molar-refractivity contribution in [3.05, 3.63) is 34.4 Å². The summed E-state index contributed by atoms with van der Waals surface area (Å²) in [5.74, 6) is 5.13. The number of hydrazone groups is 1. The molecule has 2 rings (SSSR count). The van der Waals surface area contributed by atoms with Crippen LogP contribution in [0.1, 0.15) is 12.6 Å². The molecule has 2 aromatic heterocycles. The van der Waals surface area contributed by atoms with Gasteiger partial charge in [-0.2, -0.15) is 20.5 Å². The second-order valence-electron chi connectivity index (χ2n) is 3.55. The Labute approximate surface area is 101 Å². The van der Waals surface area contributed by atoms with Crippen molar-refractivity contribution in [2.24, 2.45) is 10.9 Å². The molecule has 2 heterocycles. The zero-order valence-corrected chi connectivity index (χ0v) is 9.56. The number of aromatic nitrogens is 4. The van der Waals surface area contributed by atoms with E-state index in [0.29, 0.717) is 22.7 Å². The van der Waals surface area contributed by atoms with E-state index in [-0.39, 0.29) is 11.3 Å². The quantitative estimate of drug-likeness (QED) is 0.340. The molecular weight excluding hydrogens is 234 g/mol. The molecule has 5 N–H and O–H groups in total. The summed E-state index contributed by atoms with van der Waals surface area (Å²) >= 11 is 0. The Hall–Kier alpha value is -2.77. The Morgan fingerprint density at radius 1 is 1.44 bits per heavy atom. The topological polar surface area (TPSA) is 137 Å². The molecule has 0 atom stereocenters. The zero-order valence-electron chi connectivity index (χ0n) is 9.56. The highest BCUT2D eigenvalue weighted by atomic mass is 16.1. The smallest absolute Gasteiger partial charge is 0.247 e. The van der Waals surface area contributed by atoms with E-state index in [1.54, 1.807) is 13.0 Å². The number of nitrogens with zero attached hydrogens (tertiary/aromatic N) is 3. The van der Waals surface area contributed by atoms with Crippen LogP contribution < -0.4 is 11.4 Å². The van der Waals surface area contributed by atoms with Gasteiger partial charge in [-0.1, -0.05) is 0 Å². The number of aromatic amines is 2. The minimum atomic E-state index is -0.210. The Morgan fingerprint density at radius 3 is 2.83 bits per heavy atom. The molecule has 0 aliphatic rings. The molecule has 8 heteroatoms. The van der Waals surface area contributed by atoms with Gasteiger partial charge in [-0.05, 0) is 13.0 Å². The summed E-state index contributed by atoms with van der Waals surface area (Å²) in [6.45, 7) is 1.60. The third-order valence-electron chi connectivity index (χ3n) is 2.40. The normalized spacial score (nSPS) is 11.5. The Morgan fingerprint density at radius 2 is 2.22 bits per heavy atom. The molecule has 8 nitrogen and oxygen atoms in total. The molecule has 0 aromatic carbocycles. The summed E-state index contributed by atoms with van der Waals surface area (Å²) in [7, 11) is 0. The molecule has 92 valence electrons. The number of nitrogens with one attached hydrogen (secondary N) is 3. The van der Waals surface area contributed by atoms with Gasteiger partial charge in [-0.3, -0.25) is 10.2 Å². The maximum Gasteiger partial charge on any atom is 0.247 e. The average Bonchev–Trinajstić information content (AvgIpc) is 2.87. The van der Waals surface area contributed by atoms with Gasteiger partial charge in [0.2, 0.25) is 5.56 Å². The molecule has 0 aliphatic heterocycles. The summed E-state index contributed by atoms with van der Waals surface area (Å²) in [6.07, 6.45) is 1.51. The largest absolute Gasteiger partial charge is 0.328 e. The average molecular weight is 245 g/mol. The minimum absolute atomic E-state index is 0.0763. The number of hydrogen-bond donors (Lipinski definition) is 4. The molecule has 0 radical (unpaired) electrons. The Kier molecular flexibility index (Phi) is 3.00. The molecule has 0 aliphatic carbocycles. The Bertz CT molecular complexity index is 646. The highest BCUT2D eigenvalue weighted by Crippen LogP contribution is 2.17. The van der Waals surface area contributed by atoms with Crippen molar-refractivity contribution in [1.82, 2.24) is 20.4 Å². The number of hydrogen-bond acceptors (Lipinski definition) is 6. The molecular formula is C10H11N7O. The lowest BCUT2D eigenvalue weighted by molar-refractivity contribution is 0.938. The molecule has 0 bridgehead atoms. The SMILES string of the molecule is C/C(=N/N)C(=N)c1n[nH]nc1-c1ccc(=O)[nH]c1. The first-order chi connectivity index (χ1) is 8.63. The molecule has 0 unspecified atom stereocenters. The number of H-pyrrole nitrogens is 2. The van der Waals surface area contributed by atoms with Crippen LogP contribution in [0.5, 0.6) is 0 Å². The van der Waals surface area contributed by atoms with Crippen LogP contribution in [0.2, 0.25) is 0 Å².